The van der Waals surface area contributed by atoms with Crippen LogP contribution in [0.5, 0.6) is 0 Å². The predicted molar refractivity (Wildman–Crippen MR) is 70.7 cm³/mol. The fraction of sp³-hybridized carbons (Fsp3) is 0.647. The molecule has 1 aromatic rings. The maximum atomic E-state index is 15.2. The zero-order valence-electron chi connectivity index (χ0n) is 12.3. The summed E-state index contributed by atoms with van der Waals surface area (Å²) in [5.74, 6) is -9.49. The summed E-state index contributed by atoms with van der Waals surface area (Å²) in [5.41, 5.74) is -2.25. The molecule has 23 heavy (non-hydrogen) atoms. The molecule has 0 spiro atoms. The van der Waals surface area contributed by atoms with Gasteiger partial charge in [-0.05, 0) is 56.3 Å². The summed E-state index contributed by atoms with van der Waals surface area (Å²) in [6, 6.07) is 0. The van der Waals surface area contributed by atoms with E-state index < -0.39 is 46.2 Å². The van der Waals surface area contributed by atoms with E-state index in [-0.39, 0.29) is 0 Å². The molecule has 0 amide bonds. The predicted octanol–water partition coefficient (Wildman–Crippen LogP) is 5.61. The van der Waals surface area contributed by atoms with Gasteiger partial charge in [0, 0.05) is 5.41 Å². The highest BCUT2D eigenvalue weighted by atomic mass is 19.2. The van der Waals surface area contributed by atoms with Gasteiger partial charge in [-0.2, -0.15) is 0 Å². The van der Waals surface area contributed by atoms with E-state index in [1.165, 1.54) is 0 Å². The number of benzene rings is 1. The van der Waals surface area contributed by atoms with Gasteiger partial charge in [-0.25, -0.2) is 26.3 Å². The highest BCUT2D eigenvalue weighted by Crippen LogP contribution is 2.65. The van der Waals surface area contributed by atoms with Crippen LogP contribution in [0, 0.1) is 52.3 Å². The van der Waals surface area contributed by atoms with E-state index in [0.717, 1.165) is 19.3 Å². The second-order valence-corrected chi connectivity index (χ2v) is 7.63. The molecule has 4 saturated carbocycles. The molecular weight excluding hydrogens is 318 g/mol. The molecule has 4 fully saturated rings. The topological polar surface area (TPSA) is 0 Å². The van der Waals surface area contributed by atoms with Crippen LogP contribution < -0.4 is 0 Å². The van der Waals surface area contributed by atoms with Crippen LogP contribution >= 0.6 is 0 Å². The van der Waals surface area contributed by atoms with Crippen molar-refractivity contribution >= 4 is 0 Å². The lowest BCUT2D eigenvalue weighted by Crippen LogP contribution is -2.48. The molecule has 0 heterocycles. The Morgan fingerprint density at radius 2 is 1.00 bits per heavy atom. The van der Waals surface area contributed by atoms with Gasteiger partial charge in [0.25, 0.3) is 0 Å². The summed E-state index contributed by atoms with van der Waals surface area (Å²) in [7, 11) is 0. The van der Waals surface area contributed by atoms with Gasteiger partial charge < -0.3 is 0 Å². The fourth-order valence-electron chi connectivity index (χ4n) is 5.64. The van der Waals surface area contributed by atoms with Crippen LogP contribution in [0.1, 0.15) is 50.3 Å². The molecule has 1 atom stereocenters. The molecule has 0 aliphatic heterocycles. The summed E-state index contributed by atoms with van der Waals surface area (Å²) in [6.45, 7) is 0. The number of rotatable bonds is 2. The third-order valence-corrected chi connectivity index (χ3v) is 6.12. The number of hydrogen-bond acceptors (Lipinski definition) is 0. The maximum Gasteiger partial charge on any atom is 0.200 e. The molecule has 0 N–H and O–H groups in total. The van der Waals surface area contributed by atoms with Gasteiger partial charge in [-0.15, -0.1) is 0 Å². The van der Waals surface area contributed by atoms with Crippen molar-refractivity contribution in [1.29, 1.82) is 0 Å². The third kappa shape index (κ3) is 2.06. The average Bonchev–Trinajstić information content (AvgIpc) is 2.50. The van der Waals surface area contributed by atoms with Crippen molar-refractivity contribution in [2.24, 2.45) is 23.2 Å². The van der Waals surface area contributed by atoms with E-state index in [9.17, 15) is 22.0 Å². The van der Waals surface area contributed by atoms with Crippen LogP contribution in [0.2, 0.25) is 0 Å². The van der Waals surface area contributed by atoms with Crippen LogP contribution in [0.3, 0.4) is 0 Å². The molecule has 4 aliphatic carbocycles. The lowest BCUT2D eigenvalue weighted by Gasteiger charge is -2.57. The molecule has 0 aromatic heterocycles. The minimum absolute atomic E-state index is 0.306. The number of halogens is 6. The normalized spacial score (nSPS) is 36.5. The Morgan fingerprint density at radius 3 is 1.39 bits per heavy atom. The molecule has 1 unspecified atom stereocenters. The van der Waals surface area contributed by atoms with E-state index >= 15 is 4.39 Å². The SMILES string of the molecule is Fc1c(F)c(F)c(C(F)C23CC4CC(CC(C4)C2)C3)c(F)c1F. The number of hydrogen-bond donors (Lipinski definition) is 0. The van der Waals surface area contributed by atoms with Crippen LogP contribution in [0.25, 0.3) is 0 Å². The summed E-state index contributed by atoms with van der Waals surface area (Å²) in [6.07, 6.45) is 2.23. The first-order valence-electron chi connectivity index (χ1n) is 7.98. The van der Waals surface area contributed by atoms with E-state index in [1.807, 2.05) is 0 Å². The van der Waals surface area contributed by atoms with E-state index in [1.54, 1.807) is 0 Å². The summed E-state index contributed by atoms with van der Waals surface area (Å²) >= 11 is 0. The molecule has 126 valence electrons. The molecule has 6 heteroatoms. The Balaban J connectivity index is 1.80. The van der Waals surface area contributed by atoms with Crippen molar-refractivity contribution in [1.82, 2.24) is 0 Å². The van der Waals surface area contributed by atoms with Crippen molar-refractivity contribution in [2.45, 2.75) is 44.7 Å². The zero-order valence-corrected chi connectivity index (χ0v) is 12.3. The van der Waals surface area contributed by atoms with E-state index in [2.05, 4.69) is 0 Å². The van der Waals surface area contributed by atoms with Crippen molar-refractivity contribution < 1.29 is 26.3 Å². The van der Waals surface area contributed by atoms with E-state index in [4.69, 9.17) is 0 Å². The summed E-state index contributed by atoms with van der Waals surface area (Å²) in [4.78, 5) is 0. The Labute approximate surface area is 129 Å². The largest absolute Gasteiger partial charge is 0.241 e. The first-order chi connectivity index (χ1) is 10.8. The summed E-state index contributed by atoms with van der Waals surface area (Å²) in [5, 5.41) is 0. The molecule has 4 bridgehead atoms. The van der Waals surface area contributed by atoms with Crippen molar-refractivity contribution in [3.63, 3.8) is 0 Å². The van der Waals surface area contributed by atoms with Crippen LogP contribution in [-0.4, -0.2) is 0 Å². The monoisotopic (exact) mass is 334 g/mol. The van der Waals surface area contributed by atoms with Gasteiger partial charge >= 0.3 is 0 Å². The highest BCUT2D eigenvalue weighted by Gasteiger charge is 2.56. The quantitative estimate of drug-likeness (QED) is 0.375. The Morgan fingerprint density at radius 1 is 0.652 bits per heavy atom. The first-order valence-corrected chi connectivity index (χ1v) is 7.98. The van der Waals surface area contributed by atoms with Gasteiger partial charge in [0.15, 0.2) is 23.3 Å². The maximum absolute atomic E-state index is 15.2. The molecule has 0 saturated heterocycles. The van der Waals surface area contributed by atoms with Gasteiger partial charge in [0.2, 0.25) is 5.82 Å². The Hall–Kier alpha value is -1.20. The summed E-state index contributed by atoms with van der Waals surface area (Å²) < 4.78 is 83.1. The molecule has 1 aromatic carbocycles. The Bertz CT molecular complexity index is 603. The fourth-order valence-corrected chi connectivity index (χ4v) is 5.64. The minimum Gasteiger partial charge on any atom is -0.241 e. The smallest absolute Gasteiger partial charge is 0.200 e. The van der Waals surface area contributed by atoms with Gasteiger partial charge in [-0.1, -0.05) is 0 Å². The van der Waals surface area contributed by atoms with Gasteiger partial charge in [0.05, 0.1) is 5.56 Å². The van der Waals surface area contributed by atoms with Crippen LogP contribution in [-0.2, 0) is 0 Å². The van der Waals surface area contributed by atoms with Gasteiger partial charge in [-0.3, -0.25) is 0 Å². The molecular formula is C17H16F6. The Kier molecular flexibility index (Phi) is 3.27. The van der Waals surface area contributed by atoms with Crippen molar-refractivity contribution in [3.8, 4) is 0 Å². The first kappa shape index (κ1) is 15.3. The zero-order chi connectivity index (χ0) is 16.5. The molecule has 4 aliphatic rings. The van der Waals surface area contributed by atoms with Crippen LogP contribution in [0.4, 0.5) is 26.3 Å². The minimum atomic E-state index is -2.23. The van der Waals surface area contributed by atoms with Crippen molar-refractivity contribution in [2.75, 3.05) is 0 Å². The lowest BCUT2D eigenvalue weighted by atomic mass is 9.48. The van der Waals surface area contributed by atoms with Gasteiger partial charge in [0.1, 0.15) is 6.17 Å². The second-order valence-electron chi connectivity index (χ2n) is 7.63. The lowest BCUT2D eigenvalue weighted by molar-refractivity contribution is -0.0985. The van der Waals surface area contributed by atoms with Crippen LogP contribution in [0.15, 0.2) is 0 Å². The molecule has 0 radical (unpaired) electrons. The number of alkyl halides is 1. The standard InChI is InChI=1S/C17H16F6/c18-11-10(12(19)14(21)15(22)13(11)20)16(23)17-4-7-1-8(5-17)3-9(2-7)6-17/h7-9,16H,1-6H2. The van der Waals surface area contributed by atoms with E-state index in [0.29, 0.717) is 37.0 Å². The molecule has 0 nitrogen and oxygen atoms in total. The highest BCUT2D eigenvalue weighted by molar-refractivity contribution is 5.28. The second kappa shape index (κ2) is 4.90. The molecule has 5 rings (SSSR count). The third-order valence-electron chi connectivity index (χ3n) is 6.12. The average molecular weight is 334 g/mol. The van der Waals surface area contributed by atoms with Crippen molar-refractivity contribution in [3.05, 3.63) is 34.6 Å².